The van der Waals surface area contributed by atoms with Gasteiger partial charge in [0.05, 0.1) is 5.56 Å². The molecule has 3 nitrogen and oxygen atoms in total. The van der Waals surface area contributed by atoms with Crippen LogP contribution in [-0.4, -0.2) is 18.4 Å². The number of hydrogen-bond donors (Lipinski definition) is 0. The topological polar surface area (TPSA) is 43.4 Å². The third-order valence-electron chi connectivity index (χ3n) is 3.26. The largest absolute Gasteiger partial charge is 0.454 e. The van der Waals surface area contributed by atoms with Crippen LogP contribution < -0.4 is 0 Å². The maximum atomic E-state index is 12.1. The number of aryl methyl sites for hydroxylation is 2. The van der Waals surface area contributed by atoms with E-state index >= 15 is 0 Å². The van der Waals surface area contributed by atoms with E-state index in [9.17, 15) is 9.59 Å². The third-order valence-corrected chi connectivity index (χ3v) is 3.26. The SMILES string of the molecule is C=Cc1ccc(C(=O)OCC(=O)c2cc(C)cc(C)c2)cc1. The zero-order chi connectivity index (χ0) is 16.1. The van der Waals surface area contributed by atoms with Gasteiger partial charge in [0.1, 0.15) is 0 Å². The Kier molecular flexibility index (Phi) is 4.89. The summed E-state index contributed by atoms with van der Waals surface area (Å²) in [6.45, 7) is 7.25. The van der Waals surface area contributed by atoms with Gasteiger partial charge in [0.15, 0.2) is 12.4 Å². The summed E-state index contributed by atoms with van der Waals surface area (Å²) in [5.41, 5.74) is 3.92. The van der Waals surface area contributed by atoms with Crippen molar-refractivity contribution in [2.45, 2.75) is 13.8 Å². The van der Waals surface area contributed by atoms with Crippen molar-refractivity contribution >= 4 is 17.8 Å². The van der Waals surface area contributed by atoms with Crippen molar-refractivity contribution in [3.8, 4) is 0 Å². The van der Waals surface area contributed by atoms with Crippen LogP contribution in [0.3, 0.4) is 0 Å². The van der Waals surface area contributed by atoms with Crippen LogP contribution in [0.1, 0.15) is 37.4 Å². The van der Waals surface area contributed by atoms with E-state index in [4.69, 9.17) is 4.74 Å². The summed E-state index contributed by atoms with van der Waals surface area (Å²) >= 11 is 0. The van der Waals surface area contributed by atoms with Crippen LogP contribution in [0.25, 0.3) is 6.08 Å². The highest BCUT2D eigenvalue weighted by molar-refractivity contribution is 5.99. The van der Waals surface area contributed by atoms with Crippen LogP contribution >= 0.6 is 0 Å². The van der Waals surface area contributed by atoms with Gasteiger partial charge in [-0.15, -0.1) is 0 Å². The van der Waals surface area contributed by atoms with Gasteiger partial charge in [0.25, 0.3) is 0 Å². The molecular weight excluding hydrogens is 276 g/mol. The maximum absolute atomic E-state index is 12.1. The van der Waals surface area contributed by atoms with E-state index in [1.54, 1.807) is 42.5 Å². The van der Waals surface area contributed by atoms with Crippen LogP contribution in [0.4, 0.5) is 0 Å². The molecule has 0 aromatic heterocycles. The molecule has 0 aliphatic carbocycles. The summed E-state index contributed by atoms with van der Waals surface area (Å²) in [6, 6.07) is 12.4. The van der Waals surface area contributed by atoms with E-state index < -0.39 is 5.97 Å². The minimum Gasteiger partial charge on any atom is -0.454 e. The second-order valence-electron chi connectivity index (χ2n) is 5.20. The smallest absolute Gasteiger partial charge is 0.338 e. The van der Waals surface area contributed by atoms with E-state index in [0.717, 1.165) is 16.7 Å². The van der Waals surface area contributed by atoms with Crippen LogP contribution in [0.15, 0.2) is 49.0 Å². The fourth-order valence-electron chi connectivity index (χ4n) is 2.19. The van der Waals surface area contributed by atoms with Gasteiger partial charge >= 0.3 is 5.97 Å². The first kappa shape index (κ1) is 15.7. The molecule has 0 saturated carbocycles. The van der Waals surface area contributed by atoms with Gasteiger partial charge in [0, 0.05) is 5.56 Å². The summed E-state index contributed by atoms with van der Waals surface area (Å²) in [4.78, 5) is 24.0. The average molecular weight is 294 g/mol. The summed E-state index contributed by atoms with van der Waals surface area (Å²) in [6.07, 6.45) is 1.69. The highest BCUT2D eigenvalue weighted by Gasteiger charge is 2.12. The minimum atomic E-state index is -0.506. The fourth-order valence-corrected chi connectivity index (χ4v) is 2.19. The van der Waals surface area contributed by atoms with Crippen LogP contribution in [0.5, 0.6) is 0 Å². The zero-order valence-corrected chi connectivity index (χ0v) is 12.8. The molecule has 2 aromatic carbocycles. The number of carbonyl (C=O) groups excluding carboxylic acids is 2. The lowest BCUT2D eigenvalue weighted by molar-refractivity contribution is 0.0475. The van der Waals surface area contributed by atoms with Crippen molar-refractivity contribution in [3.05, 3.63) is 76.9 Å². The monoisotopic (exact) mass is 294 g/mol. The number of esters is 1. The van der Waals surface area contributed by atoms with E-state index in [2.05, 4.69) is 6.58 Å². The molecule has 0 spiro atoms. The first-order chi connectivity index (χ1) is 10.5. The molecule has 0 amide bonds. The predicted molar refractivity (Wildman–Crippen MR) is 87.1 cm³/mol. The Balaban J connectivity index is 2.00. The summed E-state index contributed by atoms with van der Waals surface area (Å²) < 4.78 is 5.08. The molecule has 0 unspecified atom stereocenters. The van der Waals surface area contributed by atoms with Gasteiger partial charge in [-0.2, -0.15) is 0 Å². The zero-order valence-electron chi connectivity index (χ0n) is 12.8. The number of ketones is 1. The normalized spacial score (nSPS) is 10.1. The molecule has 22 heavy (non-hydrogen) atoms. The molecule has 0 atom stereocenters. The lowest BCUT2D eigenvalue weighted by Gasteiger charge is -2.06. The maximum Gasteiger partial charge on any atom is 0.338 e. The third kappa shape index (κ3) is 3.92. The second kappa shape index (κ2) is 6.85. The molecule has 0 aliphatic heterocycles. The number of carbonyl (C=O) groups is 2. The highest BCUT2D eigenvalue weighted by Crippen LogP contribution is 2.11. The van der Waals surface area contributed by atoms with Crippen molar-refractivity contribution in [2.75, 3.05) is 6.61 Å². The Bertz CT molecular complexity index is 692. The molecule has 2 rings (SSSR count). The Morgan fingerprint density at radius 2 is 1.59 bits per heavy atom. The number of Topliss-reactive ketones (excluding diaryl/α,β-unsaturated/α-hetero) is 1. The fraction of sp³-hybridized carbons (Fsp3) is 0.158. The molecule has 3 heteroatoms. The molecular formula is C19H18O3. The molecule has 0 heterocycles. The summed E-state index contributed by atoms with van der Waals surface area (Å²) in [5, 5.41) is 0. The molecule has 0 saturated heterocycles. The quantitative estimate of drug-likeness (QED) is 0.618. The number of benzene rings is 2. The van der Waals surface area contributed by atoms with Crippen LogP contribution in [0.2, 0.25) is 0 Å². The molecule has 2 aromatic rings. The lowest BCUT2D eigenvalue weighted by atomic mass is 10.0. The summed E-state index contributed by atoms with van der Waals surface area (Å²) in [7, 11) is 0. The van der Waals surface area contributed by atoms with E-state index in [0.29, 0.717) is 11.1 Å². The van der Waals surface area contributed by atoms with Crippen molar-refractivity contribution < 1.29 is 14.3 Å². The van der Waals surface area contributed by atoms with Crippen molar-refractivity contribution in [1.29, 1.82) is 0 Å². The van der Waals surface area contributed by atoms with E-state index in [1.165, 1.54) is 0 Å². The van der Waals surface area contributed by atoms with E-state index in [1.807, 2.05) is 19.9 Å². The van der Waals surface area contributed by atoms with Crippen molar-refractivity contribution in [2.24, 2.45) is 0 Å². The predicted octanol–water partition coefficient (Wildman–Crippen LogP) is 3.99. The molecule has 0 fully saturated rings. The molecule has 0 aliphatic rings. The first-order valence-corrected chi connectivity index (χ1v) is 7.00. The first-order valence-electron chi connectivity index (χ1n) is 7.00. The molecule has 0 bridgehead atoms. The standard InChI is InChI=1S/C19H18O3/c1-4-15-5-7-16(8-6-15)19(21)22-12-18(20)17-10-13(2)9-14(3)11-17/h4-11H,1,12H2,2-3H3. The van der Waals surface area contributed by atoms with Crippen molar-refractivity contribution in [1.82, 2.24) is 0 Å². The van der Waals surface area contributed by atoms with Gasteiger partial charge in [-0.25, -0.2) is 4.79 Å². The average Bonchev–Trinajstić information content (AvgIpc) is 2.51. The minimum absolute atomic E-state index is 0.206. The Morgan fingerprint density at radius 3 is 2.14 bits per heavy atom. The van der Waals surface area contributed by atoms with Gasteiger partial charge in [-0.1, -0.05) is 42.0 Å². The van der Waals surface area contributed by atoms with Gasteiger partial charge in [0.2, 0.25) is 0 Å². The summed E-state index contributed by atoms with van der Waals surface area (Å²) in [5.74, 6) is -0.712. The van der Waals surface area contributed by atoms with E-state index in [-0.39, 0.29) is 12.4 Å². The number of ether oxygens (including phenoxy) is 1. The highest BCUT2D eigenvalue weighted by atomic mass is 16.5. The lowest BCUT2D eigenvalue weighted by Crippen LogP contribution is -2.14. The molecule has 0 N–H and O–H groups in total. The number of hydrogen-bond acceptors (Lipinski definition) is 3. The molecule has 112 valence electrons. The van der Waals surface area contributed by atoms with Gasteiger partial charge in [-0.3, -0.25) is 4.79 Å². The second-order valence-corrected chi connectivity index (χ2v) is 5.20. The Morgan fingerprint density at radius 1 is 1.00 bits per heavy atom. The number of rotatable bonds is 5. The van der Waals surface area contributed by atoms with Gasteiger partial charge in [-0.05, 0) is 43.7 Å². The van der Waals surface area contributed by atoms with Crippen LogP contribution in [0, 0.1) is 13.8 Å². The molecule has 0 radical (unpaired) electrons. The van der Waals surface area contributed by atoms with Crippen LogP contribution in [-0.2, 0) is 4.74 Å². The van der Waals surface area contributed by atoms with Gasteiger partial charge < -0.3 is 4.74 Å². The van der Waals surface area contributed by atoms with Crippen molar-refractivity contribution in [3.63, 3.8) is 0 Å². The Labute approximate surface area is 130 Å². The Hall–Kier alpha value is -2.68.